The van der Waals surface area contributed by atoms with E-state index in [1.807, 2.05) is 6.92 Å². The molecule has 1 atom stereocenters. The van der Waals surface area contributed by atoms with Crippen LogP contribution >= 0.6 is 0 Å². The fourth-order valence-electron chi connectivity index (χ4n) is 5.22. The van der Waals surface area contributed by atoms with Gasteiger partial charge in [0, 0.05) is 19.3 Å². The second-order valence-corrected chi connectivity index (χ2v) is 7.09. The van der Waals surface area contributed by atoms with E-state index in [0.29, 0.717) is 0 Å². The topological polar surface area (TPSA) is 88.8 Å². The van der Waals surface area contributed by atoms with E-state index in [2.05, 4.69) is 10.6 Å². The molecule has 4 aliphatic carbocycles. The Kier molecular flexibility index (Phi) is 3.04. The van der Waals surface area contributed by atoms with Gasteiger partial charge in [-0.1, -0.05) is 0 Å². The maximum absolute atomic E-state index is 11.8. The van der Waals surface area contributed by atoms with Gasteiger partial charge in [0.1, 0.15) is 0 Å². The smallest absolute Gasteiger partial charge is 0.319 e. The number of amides is 3. The largest absolute Gasteiger partial charge is 0.351 e. The van der Waals surface area contributed by atoms with Crippen molar-refractivity contribution < 1.29 is 14.9 Å². The molecule has 0 saturated heterocycles. The summed E-state index contributed by atoms with van der Waals surface area (Å²) in [5.41, 5.74) is 5.26. The number of hydrogen-bond donors (Lipinski definition) is 3. The molecular weight excluding hydrogens is 242 g/mol. The summed E-state index contributed by atoms with van der Waals surface area (Å²) in [6, 6.07) is -0.987. The van der Waals surface area contributed by atoms with E-state index in [1.165, 1.54) is 38.5 Å². The molecule has 4 saturated carbocycles. The van der Waals surface area contributed by atoms with Gasteiger partial charge in [0.25, 0.3) is 5.91 Å². The van der Waals surface area contributed by atoms with Gasteiger partial charge >= 0.3 is 6.03 Å². The summed E-state index contributed by atoms with van der Waals surface area (Å²) < 4.78 is 0. The molecule has 4 aliphatic rings. The predicted octanol–water partition coefficient (Wildman–Crippen LogP) is 0.102. The van der Waals surface area contributed by atoms with Crippen LogP contribution in [0.15, 0.2) is 0 Å². The van der Waals surface area contributed by atoms with Crippen LogP contribution in [0.25, 0.3) is 0 Å². The van der Waals surface area contributed by atoms with Crippen LogP contribution < -0.4 is 16.4 Å². The number of primary amides is 1. The van der Waals surface area contributed by atoms with Crippen molar-refractivity contribution in [1.29, 1.82) is 0 Å². The molecule has 5 nitrogen and oxygen atoms in total. The first-order valence-corrected chi connectivity index (χ1v) is 7.42. The number of carbonyl (C=O) groups is 2. The van der Waals surface area contributed by atoms with Crippen molar-refractivity contribution in [3.8, 4) is 0 Å². The number of quaternary nitrogens is 1. The fourth-order valence-corrected chi connectivity index (χ4v) is 5.22. The normalized spacial score (nSPS) is 41.0. The second-order valence-electron chi connectivity index (χ2n) is 7.09. The molecule has 0 radical (unpaired) electrons. The maximum Gasteiger partial charge on any atom is 0.319 e. The van der Waals surface area contributed by atoms with Gasteiger partial charge in [-0.15, -0.1) is 0 Å². The maximum atomic E-state index is 11.8. The lowest BCUT2D eigenvalue weighted by molar-refractivity contribution is -0.754. The summed E-state index contributed by atoms with van der Waals surface area (Å²) in [7, 11) is 0. The van der Waals surface area contributed by atoms with Crippen molar-refractivity contribution in [3.05, 3.63) is 0 Å². The third-order valence-corrected chi connectivity index (χ3v) is 5.35. The van der Waals surface area contributed by atoms with Gasteiger partial charge in [0.2, 0.25) is 0 Å². The average molecular weight is 266 g/mol. The monoisotopic (exact) mass is 266 g/mol. The lowest BCUT2D eigenvalue weighted by atomic mass is 9.53. The molecule has 0 aromatic carbocycles. The Hall–Kier alpha value is -1.10. The molecule has 0 aromatic heterocycles. The van der Waals surface area contributed by atoms with Crippen molar-refractivity contribution >= 4 is 11.9 Å². The molecule has 4 rings (SSSR count). The number of hydrogen-bond acceptors (Lipinski definition) is 2. The van der Waals surface area contributed by atoms with Crippen LogP contribution in [0.2, 0.25) is 0 Å². The Bertz CT molecular complexity index is 372. The molecule has 0 aliphatic heterocycles. The number of carbonyl (C=O) groups excluding carboxylic acids is 2. The summed E-state index contributed by atoms with van der Waals surface area (Å²) in [6.45, 7) is 1.87. The van der Waals surface area contributed by atoms with Gasteiger partial charge < -0.3 is 11.1 Å². The molecule has 19 heavy (non-hydrogen) atoms. The molecule has 4 fully saturated rings. The second kappa shape index (κ2) is 4.47. The van der Waals surface area contributed by atoms with Crippen LogP contribution in [-0.4, -0.2) is 23.5 Å². The minimum absolute atomic E-state index is 0.233. The Labute approximate surface area is 113 Å². The van der Waals surface area contributed by atoms with E-state index in [-0.39, 0.29) is 17.5 Å². The molecule has 5 heteroatoms. The lowest BCUT2D eigenvalue weighted by Gasteiger charge is -2.55. The van der Waals surface area contributed by atoms with Crippen LogP contribution in [0.3, 0.4) is 0 Å². The Morgan fingerprint density at radius 3 is 2.05 bits per heavy atom. The summed E-state index contributed by atoms with van der Waals surface area (Å²) >= 11 is 0. The third kappa shape index (κ3) is 2.48. The van der Waals surface area contributed by atoms with E-state index in [1.54, 1.807) is 0 Å². The highest BCUT2D eigenvalue weighted by Gasteiger charge is 2.54. The van der Waals surface area contributed by atoms with Gasteiger partial charge in [-0.25, -0.2) is 4.79 Å². The molecule has 0 spiro atoms. The van der Waals surface area contributed by atoms with E-state index in [9.17, 15) is 9.59 Å². The molecular formula is C14H24N3O2+. The minimum Gasteiger partial charge on any atom is -0.351 e. The molecule has 0 heterocycles. The first-order chi connectivity index (χ1) is 8.96. The third-order valence-electron chi connectivity index (χ3n) is 5.35. The van der Waals surface area contributed by atoms with Gasteiger partial charge in [-0.05, 0) is 43.9 Å². The molecule has 3 amide bonds. The van der Waals surface area contributed by atoms with E-state index in [4.69, 9.17) is 5.73 Å². The SMILES string of the molecule is C[C@@H]([NH2+]C12CC3CC(CC(C3)C1)C2)C(=O)NC(N)=O. The molecule has 0 aromatic rings. The van der Waals surface area contributed by atoms with Crippen molar-refractivity contribution in [2.75, 3.05) is 0 Å². The molecule has 0 unspecified atom stereocenters. The minimum atomic E-state index is -0.754. The zero-order chi connectivity index (χ0) is 13.6. The first kappa shape index (κ1) is 12.9. The number of imide groups is 1. The van der Waals surface area contributed by atoms with Gasteiger partial charge in [0.15, 0.2) is 6.04 Å². The Morgan fingerprint density at radius 1 is 1.16 bits per heavy atom. The van der Waals surface area contributed by atoms with Crippen LogP contribution in [0.4, 0.5) is 4.79 Å². The number of urea groups is 1. The van der Waals surface area contributed by atoms with Gasteiger partial charge in [0.05, 0.1) is 5.54 Å². The van der Waals surface area contributed by atoms with Crippen LogP contribution in [-0.2, 0) is 4.79 Å². The van der Waals surface area contributed by atoms with Crippen LogP contribution in [0.5, 0.6) is 0 Å². The zero-order valence-corrected chi connectivity index (χ0v) is 11.5. The van der Waals surface area contributed by atoms with E-state index in [0.717, 1.165) is 17.8 Å². The highest BCUT2D eigenvalue weighted by atomic mass is 16.2. The van der Waals surface area contributed by atoms with E-state index >= 15 is 0 Å². The fraction of sp³-hybridized carbons (Fsp3) is 0.857. The average Bonchev–Trinajstić information content (AvgIpc) is 2.24. The van der Waals surface area contributed by atoms with Crippen molar-refractivity contribution in [2.24, 2.45) is 23.5 Å². The predicted molar refractivity (Wildman–Crippen MR) is 70.0 cm³/mol. The van der Waals surface area contributed by atoms with Gasteiger partial charge in [-0.3, -0.25) is 10.1 Å². The zero-order valence-electron chi connectivity index (χ0n) is 11.5. The highest BCUT2D eigenvalue weighted by molar-refractivity contribution is 5.95. The summed E-state index contributed by atoms with van der Waals surface area (Å²) in [6.07, 6.45) is 7.92. The summed E-state index contributed by atoms with van der Waals surface area (Å²) in [4.78, 5) is 22.6. The van der Waals surface area contributed by atoms with Crippen molar-refractivity contribution in [1.82, 2.24) is 5.32 Å². The first-order valence-electron chi connectivity index (χ1n) is 7.42. The van der Waals surface area contributed by atoms with E-state index < -0.39 is 6.03 Å². The van der Waals surface area contributed by atoms with Crippen molar-refractivity contribution in [2.45, 2.75) is 57.0 Å². The summed E-state index contributed by atoms with van der Waals surface area (Å²) in [5, 5.41) is 4.41. The number of rotatable bonds is 3. The van der Waals surface area contributed by atoms with Crippen LogP contribution in [0, 0.1) is 17.8 Å². The Balaban J connectivity index is 1.66. The standard InChI is InChI=1S/C14H23N3O2/c1-8(12(18)16-13(15)19)17-14-5-9-2-10(6-14)4-11(3-9)7-14/h8-11,17H,2-7H2,1H3,(H3,15,16,18,19)/p+1/t8-,9?,10?,11?,14?/m1/s1. The summed E-state index contributed by atoms with van der Waals surface area (Å²) in [5.74, 6) is 2.35. The van der Waals surface area contributed by atoms with Gasteiger partial charge in [-0.2, -0.15) is 0 Å². The molecule has 106 valence electrons. The highest BCUT2D eigenvalue weighted by Crippen LogP contribution is 2.54. The van der Waals surface area contributed by atoms with Crippen molar-refractivity contribution in [3.63, 3.8) is 0 Å². The Morgan fingerprint density at radius 2 is 1.63 bits per heavy atom. The number of nitrogens with one attached hydrogen (secondary N) is 1. The van der Waals surface area contributed by atoms with Crippen LogP contribution in [0.1, 0.15) is 45.4 Å². The molecule has 4 bridgehead atoms. The number of nitrogens with two attached hydrogens (primary N) is 2. The quantitative estimate of drug-likeness (QED) is 0.676. The molecule has 5 N–H and O–H groups in total. The lowest BCUT2D eigenvalue weighted by Crippen LogP contribution is -3.04.